The molecule has 0 radical (unpaired) electrons. The Balaban J connectivity index is 1.96. The summed E-state index contributed by atoms with van der Waals surface area (Å²) in [7, 11) is 1.20. The number of fused-ring (bicyclic) bond motifs is 1. The third kappa shape index (κ3) is 3.44. The van der Waals surface area contributed by atoms with Crippen LogP contribution in [-0.4, -0.2) is 42.5 Å². The van der Waals surface area contributed by atoms with Gasteiger partial charge in [-0.1, -0.05) is 23.8 Å². The number of hydrogen-bond donors (Lipinski definition) is 0. The standard InChI is InChI=1S/C21H22O7/c1-12(22)28-21(2)16(27-19(24)13-7-5-4-6-8-13)10-9-14-11-15(23)17(18(14)21)20(25)26-3/h4-8,11,16-18H,9-10H2,1-3H3/t16-,17-,18-,21+/m0/s1. The van der Waals surface area contributed by atoms with Crippen LogP contribution in [0.2, 0.25) is 0 Å². The number of carbonyl (C=O) groups is 4. The van der Waals surface area contributed by atoms with Crippen molar-refractivity contribution >= 4 is 23.7 Å². The number of ketones is 1. The summed E-state index contributed by atoms with van der Waals surface area (Å²) in [4.78, 5) is 49.1. The highest BCUT2D eigenvalue weighted by Gasteiger charge is 2.59. The number of carbonyl (C=O) groups excluding carboxylic acids is 4. The van der Waals surface area contributed by atoms with Gasteiger partial charge in [-0.15, -0.1) is 0 Å². The molecule has 1 saturated carbocycles. The predicted molar refractivity (Wildman–Crippen MR) is 97.1 cm³/mol. The second-order valence-corrected chi connectivity index (χ2v) is 7.18. The van der Waals surface area contributed by atoms with Crippen molar-refractivity contribution in [3.05, 3.63) is 47.5 Å². The minimum absolute atomic E-state index is 0.362. The Kier molecular flexibility index (Phi) is 5.36. The van der Waals surface area contributed by atoms with E-state index in [1.165, 1.54) is 20.1 Å². The first-order valence-electron chi connectivity index (χ1n) is 9.05. The summed E-state index contributed by atoms with van der Waals surface area (Å²) in [6.07, 6.45) is 1.42. The van der Waals surface area contributed by atoms with Gasteiger partial charge in [-0.25, -0.2) is 4.79 Å². The van der Waals surface area contributed by atoms with Gasteiger partial charge in [0.1, 0.15) is 12.0 Å². The summed E-state index contributed by atoms with van der Waals surface area (Å²) < 4.78 is 16.1. The van der Waals surface area contributed by atoms with E-state index in [0.717, 1.165) is 0 Å². The Morgan fingerprint density at radius 3 is 2.43 bits per heavy atom. The maximum atomic E-state index is 12.6. The Hall–Kier alpha value is -2.96. The van der Waals surface area contributed by atoms with Crippen molar-refractivity contribution in [2.75, 3.05) is 7.11 Å². The molecule has 148 valence electrons. The van der Waals surface area contributed by atoms with Gasteiger partial charge in [0, 0.05) is 12.8 Å². The molecular formula is C21H22O7. The summed E-state index contributed by atoms with van der Waals surface area (Å²) in [5.41, 5.74) is -0.303. The van der Waals surface area contributed by atoms with Gasteiger partial charge in [0.2, 0.25) is 0 Å². The lowest BCUT2D eigenvalue weighted by atomic mass is 9.68. The molecule has 1 aromatic carbocycles. The van der Waals surface area contributed by atoms with Gasteiger partial charge in [-0.05, 0) is 38.0 Å². The maximum absolute atomic E-state index is 12.6. The van der Waals surface area contributed by atoms with E-state index in [1.807, 2.05) is 0 Å². The highest BCUT2D eigenvalue weighted by atomic mass is 16.6. The van der Waals surface area contributed by atoms with Crippen molar-refractivity contribution < 1.29 is 33.4 Å². The minimum Gasteiger partial charge on any atom is -0.468 e. The van der Waals surface area contributed by atoms with Gasteiger partial charge in [0.05, 0.1) is 12.7 Å². The fraction of sp³-hybridized carbons (Fsp3) is 0.429. The molecule has 2 aliphatic carbocycles. The zero-order valence-corrected chi connectivity index (χ0v) is 16.0. The van der Waals surface area contributed by atoms with Gasteiger partial charge in [-0.3, -0.25) is 14.4 Å². The number of allylic oxidation sites excluding steroid dienone is 1. The largest absolute Gasteiger partial charge is 0.468 e. The van der Waals surface area contributed by atoms with Crippen LogP contribution in [0.4, 0.5) is 0 Å². The minimum atomic E-state index is -1.37. The molecular weight excluding hydrogens is 364 g/mol. The van der Waals surface area contributed by atoms with Crippen LogP contribution >= 0.6 is 0 Å². The fourth-order valence-corrected chi connectivity index (χ4v) is 4.22. The van der Waals surface area contributed by atoms with Crippen LogP contribution < -0.4 is 0 Å². The third-order valence-corrected chi connectivity index (χ3v) is 5.40. The molecule has 4 atom stereocenters. The summed E-state index contributed by atoms with van der Waals surface area (Å²) in [6.45, 7) is 2.84. The van der Waals surface area contributed by atoms with Crippen molar-refractivity contribution in [2.45, 2.75) is 38.4 Å². The summed E-state index contributed by atoms with van der Waals surface area (Å²) in [5, 5.41) is 0. The van der Waals surface area contributed by atoms with E-state index < -0.39 is 41.4 Å². The van der Waals surface area contributed by atoms with Crippen LogP contribution in [0.3, 0.4) is 0 Å². The van der Waals surface area contributed by atoms with Crippen LogP contribution in [-0.2, 0) is 28.6 Å². The molecule has 0 aromatic heterocycles. The van der Waals surface area contributed by atoms with Crippen LogP contribution in [0.1, 0.15) is 37.0 Å². The first kappa shape index (κ1) is 19.8. The van der Waals surface area contributed by atoms with E-state index in [-0.39, 0.29) is 5.78 Å². The lowest BCUT2D eigenvalue weighted by Crippen LogP contribution is -2.57. The topological polar surface area (TPSA) is 96.0 Å². The Labute approximate surface area is 162 Å². The number of benzene rings is 1. The average Bonchev–Trinajstić information content (AvgIpc) is 3.01. The van der Waals surface area contributed by atoms with Gasteiger partial charge < -0.3 is 14.2 Å². The molecule has 2 aliphatic rings. The highest BCUT2D eigenvalue weighted by Crippen LogP contribution is 2.49. The molecule has 0 saturated heterocycles. The summed E-state index contributed by atoms with van der Waals surface area (Å²) >= 11 is 0. The van der Waals surface area contributed by atoms with Gasteiger partial charge in [-0.2, -0.15) is 0 Å². The zero-order valence-electron chi connectivity index (χ0n) is 16.0. The monoisotopic (exact) mass is 386 g/mol. The van der Waals surface area contributed by atoms with Crippen molar-refractivity contribution in [1.82, 2.24) is 0 Å². The lowest BCUT2D eigenvalue weighted by molar-refractivity contribution is -0.188. The Bertz CT molecular complexity index is 842. The molecule has 1 aromatic rings. The van der Waals surface area contributed by atoms with E-state index in [1.54, 1.807) is 37.3 Å². The van der Waals surface area contributed by atoms with E-state index in [9.17, 15) is 19.2 Å². The highest BCUT2D eigenvalue weighted by molar-refractivity contribution is 6.08. The van der Waals surface area contributed by atoms with Crippen LogP contribution in [0.15, 0.2) is 42.0 Å². The SMILES string of the molecule is COC(=O)[C@H]1C(=O)C=C2CC[C@H](OC(=O)c3ccccc3)[C@@](C)(OC(C)=O)[C@@H]21. The number of methoxy groups -OCH3 is 1. The number of esters is 3. The van der Waals surface area contributed by atoms with Crippen molar-refractivity contribution in [3.63, 3.8) is 0 Å². The second kappa shape index (κ2) is 7.58. The van der Waals surface area contributed by atoms with Crippen LogP contribution in [0.25, 0.3) is 0 Å². The molecule has 0 unspecified atom stereocenters. The summed E-state index contributed by atoms with van der Waals surface area (Å²) in [6, 6.07) is 8.45. The molecule has 0 spiro atoms. The van der Waals surface area contributed by atoms with Crippen LogP contribution in [0, 0.1) is 11.8 Å². The molecule has 0 bridgehead atoms. The Morgan fingerprint density at radius 1 is 1.14 bits per heavy atom. The molecule has 0 N–H and O–H groups in total. The van der Waals surface area contributed by atoms with Crippen molar-refractivity contribution in [1.29, 1.82) is 0 Å². The molecule has 7 heteroatoms. The Morgan fingerprint density at radius 2 is 1.82 bits per heavy atom. The average molecular weight is 386 g/mol. The number of ether oxygens (including phenoxy) is 3. The quantitative estimate of drug-likeness (QED) is 0.445. The summed E-state index contributed by atoms with van der Waals surface area (Å²) in [5.74, 6) is -4.10. The van der Waals surface area contributed by atoms with Crippen LogP contribution in [0.5, 0.6) is 0 Å². The molecule has 0 amide bonds. The molecule has 0 heterocycles. The third-order valence-electron chi connectivity index (χ3n) is 5.40. The smallest absolute Gasteiger partial charge is 0.338 e. The molecule has 3 rings (SSSR count). The van der Waals surface area contributed by atoms with E-state index in [0.29, 0.717) is 24.0 Å². The van der Waals surface area contributed by atoms with E-state index in [4.69, 9.17) is 14.2 Å². The molecule has 7 nitrogen and oxygen atoms in total. The maximum Gasteiger partial charge on any atom is 0.338 e. The van der Waals surface area contributed by atoms with E-state index in [2.05, 4.69) is 0 Å². The van der Waals surface area contributed by atoms with Crippen molar-refractivity contribution in [3.8, 4) is 0 Å². The van der Waals surface area contributed by atoms with E-state index >= 15 is 0 Å². The number of hydrogen-bond acceptors (Lipinski definition) is 7. The fourth-order valence-electron chi connectivity index (χ4n) is 4.22. The number of rotatable bonds is 4. The zero-order chi connectivity index (χ0) is 20.5. The van der Waals surface area contributed by atoms with Gasteiger partial charge >= 0.3 is 17.9 Å². The van der Waals surface area contributed by atoms with Crippen molar-refractivity contribution in [2.24, 2.45) is 11.8 Å². The molecule has 0 aliphatic heterocycles. The normalized spacial score (nSPS) is 28.8. The molecule has 1 fully saturated rings. The predicted octanol–water partition coefficient (Wildman–Crippen LogP) is 2.24. The first-order chi connectivity index (χ1) is 13.3. The van der Waals surface area contributed by atoms with Gasteiger partial charge in [0.15, 0.2) is 11.4 Å². The lowest BCUT2D eigenvalue weighted by Gasteiger charge is -2.46. The second-order valence-electron chi connectivity index (χ2n) is 7.18. The molecule has 28 heavy (non-hydrogen) atoms. The first-order valence-corrected chi connectivity index (χ1v) is 9.05. The van der Waals surface area contributed by atoms with Gasteiger partial charge in [0.25, 0.3) is 0 Å².